The van der Waals surface area contributed by atoms with Crippen LogP contribution in [-0.4, -0.2) is 44.1 Å². The first kappa shape index (κ1) is 23.8. The van der Waals surface area contributed by atoms with Crippen molar-refractivity contribution in [2.75, 3.05) is 33.3 Å². The lowest BCUT2D eigenvalue weighted by atomic mass is 9.88. The van der Waals surface area contributed by atoms with Crippen LogP contribution in [0.5, 0.6) is 5.75 Å². The van der Waals surface area contributed by atoms with Gasteiger partial charge in [-0.05, 0) is 97.7 Å². The molecule has 0 aromatic heterocycles. The van der Waals surface area contributed by atoms with Crippen LogP contribution in [0.2, 0.25) is 0 Å². The minimum Gasteiger partial charge on any atom is -0.496 e. The van der Waals surface area contributed by atoms with E-state index in [0.29, 0.717) is 6.42 Å². The number of halogens is 1. The maximum atomic E-state index is 12.1. The predicted molar refractivity (Wildman–Crippen MR) is 132 cm³/mol. The average molecular weight is 487 g/mol. The van der Waals surface area contributed by atoms with E-state index in [2.05, 4.69) is 44.4 Å². The van der Waals surface area contributed by atoms with Crippen molar-refractivity contribution in [3.05, 3.63) is 58.1 Å². The molecule has 0 atom stereocenters. The Balaban J connectivity index is 1.25. The van der Waals surface area contributed by atoms with Gasteiger partial charge in [-0.2, -0.15) is 0 Å². The van der Waals surface area contributed by atoms with E-state index in [0.717, 1.165) is 41.2 Å². The summed E-state index contributed by atoms with van der Waals surface area (Å²) in [6, 6.07) is 5.88. The Morgan fingerprint density at radius 3 is 2.84 bits per heavy atom. The number of ether oxygens (including phenoxy) is 1. The van der Waals surface area contributed by atoms with Crippen LogP contribution in [0.4, 0.5) is 0 Å². The molecule has 3 rings (SSSR count). The summed E-state index contributed by atoms with van der Waals surface area (Å²) in [5, 5.41) is 3.04. The third-order valence-electron chi connectivity index (χ3n) is 6.07. The molecule has 1 aliphatic heterocycles. The normalized spacial score (nSPS) is 17.7. The van der Waals surface area contributed by atoms with Gasteiger partial charge in [-0.25, -0.2) is 0 Å². The summed E-state index contributed by atoms with van der Waals surface area (Å²) in [5.74, 6) is 1.72. The molecule has 2 aliphatic rings. The Hall–Kier alpha value is -1.85. The standard InChI is InChI=1S/C26H35BrN2O2/c1-31-25-12-11-22(20-24(25)27)9-5-10-26(30)28-15-6-16-29-17-13-23(14-18-29)19-21-7-3-2-4-8-21/h3,5,7-9,11-12,20,23H,2,4,6,10,13-19H2,1H3,(H,28,30)/b9-5+. The smallest absolute Gasteiger partial charge is 0.223 e. The molecule has 31 heavy (non-hydrogen) atoms. The molecule has 0 radical (unpaired) electrons. The van der Waals surface area contributed by atoms with E-state index in [4.69, 9.17) is 4.74 Å². The van der Waals surface area contributed by atoms with Crippen LogP contribution >= 0.6 is 15.9 Å². The minimum atomic E-state index is 0.0800. The molecule has 5 heteroatoms. The number of amides is 1. The summed E-state index contributed by atoms with van der Waals surface area (Å²) in [7, 11) is 1.65. The van der Waals surface area contributed by atoms with Gasteiger partial charge in [0.2, 0.25) is 5.91 Å². The molecule has 0 saturated carbocycles. The van der Waals surface area contributed by atoms with Gasteiger partial charge in [-0.3, -0.25) is 4.79 Å². The molecular weight excluding hydrogens is 452 g/mol. The highest BCUT2D eigenvalue weighted by molar-refractivity contribution is 9.10. The molecule has 4 nitrogen and oxygen atoms in total. The molecule has 1 aromatic carbocycles. The monoisotopic (exact) mass is 486 g/mol. The van der Waals surface area contributed by atoms with Crippen molar-refractivity contribution < 1.29 is 9.53 Å². The largest absolute Gasteiger partial charge is 0.496 e. The summed E-state index contributed by atoms with van der Waals surface area (Å²) in [5.41, 5.74) is 2.58. The molecule has 1 fully saturated rings. The zero-order chi connectivity index (χ0) is 21.9. The molecule has 1 saturated heterocycles. The number of rotatable bonds is 10. The molecule has 0 spiro atoms. The predicted octanol–water partition coefficient (Wildman–Crippen LogP) is 5.75. The van der Waals surface area contributed by atoms with E-state index < -0.39 is 0 Å². The number of likely N-dealkylation sites (tertiary alicyclic amines) is 1. The van der Waals surface area contributed by atoms with Gasteiger partial charge >= 0.3 is 0 Å². The second kappa shape index (κ2) is 12.9. The number of nitrogens with zero attached hydrogens (tertiary/aromatic N) is 1. The van der Waals surface area contributed by atoms with Crippen molar-refractivity contribution in [3.8, 4) is 5.75 Å². The number of carbonyl (C=O) groups is 1. The van der Waals surface area contributed by atoms with E-state index in [1.807, 2.05) is 30.4 Å². The Labute approximate surface area is 195 Å². The molecule has 1 aromatic rings. The highest BCUT2D eigenvalue weighted by Gasteiger charge is 2.19. The number of allylic oxidation sites excluding steroid dienone is 4. The van der Waals surface area contributed by atoms with Crippen LogP contribution < -0.4 is 10.1 Å². The summed E-state index contributed by atoms with van der Waals surface area (Å²) in [6.07, 6.45) is 18.6. The lowest BCUT2D eigenvalue weighted by Gasteiger charge is -2.32. The number of piperidine rings is 1. The van der Waals surface area contributed by atoms with Gasteiger partial charge in [0.15, 0.2) is 0 Å². The van der Waals surface area contributed by atoms with Gasteiger partial charge in [0, 0.05) is 13.0 Å². The molecular formula is C26H35BrN2O2. The molecule has 1 N–H and O–H groups in total. The second-order valence-electron chi connectivity index (χ2n) is 8.45. The molecule has 0 unspecified atom stereocenters. The number of methoxy groups -OCH3 is 1. The highest BCUT2D eigenvalue weighted by atomic mass is 79.9. The first-order valence-corrected chi connectivity index (χ1v) is 12.3. The lowest BCUT2D eigenvalue weighted by molar-refractivity contribution is -0.120. The fourth-order valence-electron chi connectivity index (χ4n) is 4.26. The zero-order valence-corrected chi connectivity index (χ0v) is 20.2. The van der Waals surface area contributed by atoms with Gasteiger partial charge in [0.25, 0.3) is 0 Å². The van der Waals surface area contributed by atoms with Crippen LogP contribution in [0.25, 0.3) is 6.08 Å². The van der Waals surface area contributed by atoms with Crippen molar-refractivity contribution in [1.29, 1.82) is 0 Å². The lowest BCUT2D eigenvalue weighted by Crippen LogP contribution is -2.36. The summed E-state index contributed by atoms with van der Waals surface area (Å²) < 4.78 is 6.14. The molecule has 168 valence electrons. The SMILES string of the molecule is COc1ccc(/C=C/CC(=O)NCCCN2CCC(CC3=CCCC=C3)CC2)cc1Br. The number of carbonyl (C=O) groups excluding carboxylic acids is 1. The maximum Gasteiger partial charge on any atom is 0.223 e. The zero-order valence-electron chi connectivity index (χ0n) is 18.6. The van der Waals surface area contributed by atoms with E-state index in [1.165, 1.54) is 45.2 Å². The van der Waals surface area contributed by atoms with Crippen molar-refractivity contribution in [2.24, 2.45) is 5.92 Å². The number of hydrogen-bond donors (Lipinski definition) is 1. The minimum absolute atomic E-state index is 0.0800. The van der Waals surface area contributed by atoms with Gasteiger partial charge in [0.1, 0.15) is 5.75 Å². The van der Waals surface area contributed by atoms with Crippen LogP contribution in [-0.2, 0) is 4.79 Å². The van der Waals surface area contributed by atoms with Gasteiger partial charge in [-0.15, -0.1) is 0 Å². The first-order chi connectivity index (χ1) is 15.1. The van der Waals surface area contributed by atoms with E-state index >= 15 is 0 Å². The molecule has 1 heterocycles. The maximum absolute atomic E-state index is 12.1. The Bertz CT molecular complexity index is 808. The summed E-state index contributed by atoms with van der Waals surface area (Å²) in [6.45, 7) is 4.20. The van der Waals surface area contributed by atoms with Crippen molar-refractivity contribution in [3.63, 3.8) is 0 Å². The van der Waals surface area contributed by atoms with Crippen LogP contribution in [0.1, 0.15) is 50.5 Å². The van der Waals surface area contributed by atoms with Gasteiger partial charge in [0.05, 0.1) is 11.6 Å². The third kappa shape index (κ3) is 8.30. The van der Waals surface area contributed by atoms with Gasteiger partial charge < -0.3 is 15.0 Å². The van der Waals surface area contributed by atoms with Crippen LogP contribution in [0, 0.1) is 5.92 Å². The summed E-state index contributed by atoms with van der Waals surface area (Å²) in [4.78, 5) is 14.6. The molecule has 1 aliphatic carbocycles. The van der Waals surface area contributed by atoms with E-state index in [9.17, 15) is 4.79 Å². The first-order valence-electron chi connectivity index (χ1n) is 11.5. The molecule has 0 bridgehead atoms. The molecule has 1 amide bonds. The summed E-state index contributed by atoms with van der Waals surface area (Å²) >= 11 is 3.48. The van der Waals surface area contributed by atoms with Crippen molar-refractivity contribution >= 4 is 27.9 Å². The fraction of sp³-hybridized carbons (Fsp3) is 0.500. The fourth-order valence-corrected chi connectivity index (χ4v) is 4.82. The Morgan fingerprint density at radius 1 is 1.29 bits per heavy atom. The number of hydrogen-bond acceptors (Lipinski definition) is 3. The van der Waals surface area contributed by atoms with Crippen molar-refractivity contribution in [2.45, 2.75) is 44.9 Å². The van der Waals surface area contributed by atoms with Crippen molar-refractivity contribution in [1.82, 2.24) is 10.2 Å². The average Bonchev–Trinajstić information content (AvgIpc) is 2.79. The Morgan fingerprint density at radius 2 is 2.13 bits per heavy atom. The van der Waals surface area contributed by atoms with Crippen LogP contribution in [0.3, 0.4) is 0 Å². The second-order valence-corrected chi connectivity index (χ2v) is 9.31. The number of nitrogens with one attached hydrogen (secondary N) is 1. The quantitative estimate of drug-likeness (QED) is 0.428. The third-order valence-corrected chi connectivity index (χ3v) is 6.69. The van der Waals surface area contributed by atoms with E-state index in [-0.39, 0.29) is 5.91 Å². The van der Waals surface area contributed by atoms with Crippen LogP contribution in [0.15, 0.2) is 52.5 Å². The topological polar surface area (TPSA) is 41.6 Å². The highest BCUT2D eigenvalue weighted by Crippen LogP contribution is 2.27. The van der Waals surface area contributed by atoms with Gasteiger partial charge in [-0.1, -0.05) is 42.0 Å². The Kier molecular flexibility index (Phi) is 9.88. The number of benzene rings is 1. The van der Waals surface area contributed by atoms with E-state index in [1.54, 1.807) is 12.7 Å².